The van der Waals surface area contributed by atoms with Gasteiger partial charge in [-0.15, -0.1) is 6.58 Å². The van der Waals surface area contributed by atoms with Crippen LogP contribution in [0.15, 0.2) is 43.0 Å². The van der Waals surface area contributed by atoms with E-state index in [1.165, 1.54) is 0 Å². The molecular formula is C29H38FNO5. The molecule has 0 radical (unpaired) electrons. The van der Waals surface area contributed by atoms with Crippen LogP contribution in [0.2, 0.25) is 0 Å². The average molecular weight is 500 g/mol. The van der Waals surface area contributed by atoms with Crippen molar-refractivity contribution in [1.29, 1.82) is 0 Å². The Morgan fingerprint density at radius 2 is 1.89 bits per heavy atom. The Balaban J connectivity index is 2.54. The Morgan fingerprint density at radius 1 is 1.17 bits per heavy atom. The van der Waals surface area contributed by atoms with Gasteiger partial charge in [0.1, 0.15) is 17.2 Å². The third-order valence-corrected chi connectivity index (χ3v) is 5.36. The van der Waals surface area contributed by atoms with Crippen LogP contribution in [0.4, 0.5) is 9.18 Å². The molecule has 0 heterocycles. The molecule has 196 valence electrons. The maximum Gasteiger partial charge on any atom is 0.408 e. The predicted octanol–water partition coefficient (Wildman–Crippen LogP) is 6.97. The van der Waals surface area contributed by atoms with Gasteiger partial charge in [0.25, 0.3) is 0 Å². The van der Waals surface area contributed by atoms with E-state index in [1.807, 2.05) is 31.2 Å². The molecule has 0 spiro atoms. The number of rotatable bonds is 11. The third-order valence-electron chi connectivity index (χ3n) is 5.36. The number of aryl methyl sites for hydroxylation is 2. The minimum Gasteiger partial charge on any atom is -0.493 e. The van der Waals surface area contributed by atoms with Gasteiger partial charge < -0.3 is 19.5 Å². The first kappa shape index (κ1) is 28.9. The van der Waals surface area contributed by atoms with Crippen molar-refractivity contribution < 1.29 is 28.2 Å². The van der Waals surface area contributed by atoms with Crippen molar-refractivity contribution in [3.8, 4) is 16.9 Å². The SMILES string of the molecule is C=CCCCOc1cccc(C)c1-c1cc(C)c(F)c([C@H](CC(=O)OCC)NC(=O)OC(C)(C)C)c1. The van der Waals surface area contributed by atoms with E-state index in [0.29, 0.717) is 17.9 Å². The molecule has 0 saturated heterocycles. The van der Waals surface area contributed by atoms with Crippen molar-refractivity contribution in [2.45, 2.75) is 72.4 Å². The molecule has 0 unspecified atom stereocenters. The number of allylic oxidation sites excluding steroid dienone is 1. The summed E-state index contributed by atoms with van der Waals surface area (Å²) in [5.41, 5.74) is 2.30. The van der Waals surface area contributed by atoms with Crippen molar-refractivity contribution in [2.24, 2.45) is 0 Å². The molecule has 1 amide bonds. The molecule has 0 aromatic heterocycles. The first-order chi connectivity index (χ1) is 17.0. The number of esters is 1. The zero-order chi connectivity index (χ0) is 26.9. The van der Waals surface area contributed by atoms with Gasteiger partial charge in [-0.25, -0.2) is 9.18 Å². The van der Waals surface area contributed by atoms with Crippen LogP contribution in [0.3, 0.4) is 0 Å². The van der Waals surface area contributed by atoms with Gasteiger partial charge in [-0.2, -0.15) is 0 Å². The fourth-order valence-electron chi connectivity index (χ4n) is 3.81. The summed E-state index contributed by atoms with van der Waals surface area (Å²) in [5.74, 6) is -0.382. The lowest BCUT2D eigenvalue weighted by Crippen LogP contribution is -2.36. The number of nitrogens with one attached hydrogen (secondary N) is 1. The van der Waals surface area contributed by atoms with E-state index in [1.54, 1.807) is 46.8 Å². The van der Waals surface area contributed by atoms with Crippen molar-refractivity contribution in [2.75, 3.05) is 13.2 Å². The van der Waals surface area contributed by atoms with Crippen molar-refractivity contribution >= 4 is 12.1 Å². The number of carbonyl (C=O) groups excluding carboxylic acids is 2. The van der Waals surface area contributed by atoms with Crippen LogP contribution in [0, 0.1) is 19.7 Å². The van der Waals surface area contributed by atoms with E-state index in [-0.39, 0.29) is 18.6 Å². The minimum absolute atomic E-state index is 0.171. The second-order valence-corrected chi connectivity index (χ2v) is 9.63. The van der Waals surface area contributed by atoms with Crippen molar-refractivity contribution in [3.63, 3.8) is 0 Å². The monoisotopic (exact) mass is 499 g/mol. The summed E-state index contributed by atoms with van der Waals surface area (Å²) in [4.78, 5) is 24.9. The molecule has 0 aliphatic heterocycles. The lowest BCUT2D eigenvalue weighted by molar-refractivity contribution is -0.143. The van der Waals surface area contributed by atoms with Gasteiger partial charge in [-0.3, -0.25) is 4.79 Å². The number of unbranched alkanes of at least 4 members (excludes halogenated alkanes) is 1. The van der Waals surface area contributed by atoms with Gasteiger partial charge in [-0.1, -0.05) is 18.2 Å². The molecule has 2 aromatic rings. The maximum atomic E-state index is 15.5. The van der Waals surface area contributed by atoms with Gasteiger partial charge in [0.15, 0.2) is 0 Å². The highest BCUT2D eigenvalue weighted by Crippen LogP contribution is 2.37. The van der Waals surface area contributed by atoms with Crippen LogP contribution in [0.1, 0.15) is 69.7 Å². The van der Waals surface area contributed by atoms with Crippen molar-refractivity contribution in [3.05, 3.63) is 65.5 Å². The van der Waals surface area contributed by atoms with Gasteiger partial charge in [0.05, 0.1) is 25.7 Å². The number of benzene rings is 2. The Labute approximate surface area is 213 Å². The molecule has 1 N–H and O–H groups in total. The van der Waals surface area contributed by atoms with E-state index >= 15 is 4.39 Å². The number of carbonyl (C=O) groups is 2. The zero-order valence-electron chi connectivity index (χ0n) is 22.2. The molecule has 7 heteroatoms. The Morgan fingerprint density at radius 3 is 2.53 bits per heavy atom. The van der Waals surface area contributed by atoms with Gasteiger partial charge in [0, 0.05) is 11.1 Å². The summed E-state index contributed by atoms with van der Waals surface area (Å²) < 4.78 is 32.0. The summed E-state index contributed by atoms with van der Waals surface area (Å²) >= 11 is 0. The highest BCUT2D eigenvalue weighted by atomic mass is 19.1. The smallest absolute Gasteiger partial charge is 0.408 e. The summed E-state index contributed by atoms with van der Waals surface area (Å²) in [5, 5.41) is 2.66. The quantitative estimate of drug-likeness (QED) is 0.205. The van der Waals surface area contributed by atoms with Gasteiger partial charge in [0.2, 0.25) is 0 Å². The Bertz CT molecular complexity index is 1070. The van der Waals surface area contributed by atoms with Crippen LogP contribution >= 0.6 is 0 Å². The Hall–Kier alpha value is -3.35. The molecular weight excluding hydrogens is 461 g/mol. The fourth-order valence-corrected chi connectivity index (χ4v) is 3.81. The predicted molar refractivity (Wildman–Crippen MR) is 140 cm³/mol. The van der Waals surface area contributed by atoms with Crippen LogP contribution < -0.4 is 10.1 Å². The molecule has 1 atom stereocenters. The van der Waals surface area contributed by atoms with E-state index in [2.05, 4.69) is 11.9 Å². The fraction of sp³-hybridized carbons (Fsp3) is 0.448. The van der Waals surface area contributed by atoms with E-state index in [9.17, 15) is 9.59 Å². The van der Waals surface area contributed by atoms with Crippen LogP contribution in [0.25, 0.3) is 11.1 Å². The summed E-state index contributed by atoms with van der Waals surface area (Å²) in [6.07, 6.45) is 2.52. The number of ether oxygens (including phenoxy) is 3. The molecule has 2 rings (SSSR count). The lowest BCUT2D eigenvalue weighted by Gasteiger charge is -2.25. The molecule has 0 bridgehead atoms. The zero-order valence-corrected chi connectivity index (χ0v) is 22.2. The maximum absolute atomic E-state index is 15.5. The highest BCUT2D eigenvalue weighted by Gasteiger charge is 2.27. The molecule has 36 heavy (non-hydrogen) atoms. The van der Waals surface area contributed by atoms with Gasteiger partial charge >= 0.3 is 12.1 Å². The number of hydrogen-bond donors (Lipinski definition) is 1. The molecule has 0 aliphatic carbocycles. The number of halogens is 1. The number of amides is 1. The van der Waals surface area contributed by atoms with E-state index < -0.39 is 29.5 Å². The molecule has 6 nitrogen and oxygen atoms in total. The summed E-state index contributed by atoms with van der Waals surface area (Å²) in [6.45, 7) is 14.9. The van der Waals surface area contributed by atoms with Crippen LogP contribution in [0.5, 0.6) is 5.75 Å². The average Bonchev–Trinajstić information content (AvgIpc) is 2.77. The minimum atomic E-state index is -0.987. The van der Waals surface area contributed by atoms with Crippen molar-refractivity contribution in [1.82, 2.24) is 5.32 Å². The van der Waals surface area contributed by atoms with Gasteiger partial charge in [-0.05, 0) is 89.3 Å². The molecule has 0 fully saturated rings. The molecule has 0 saturated carbocycles. The Kier molecular flexibility index (Phi) is 10.5. The van der Waals surface area contributed by atoms with E-state index in [4.69, 9.17) is 14.2 Å². The highest BCUT2D eigenvalue weighted by molar-refractivity contribution is 5.77. The second-order valence-electron chi connectivity index (χ2n) is 9.63. The summed E-state index contributed by atoms with van der Waals surface area (Å²) in [7, 11) is 0. The first-order valence-electron chi connectivity index (χ1n) is 12.3. The molecule has 0 aliphatic rings. The number of hydrogen-bond acceptors (Lipinski definition) is 5. The first-order valence-corrected chi connectivity index (χ1v) is 12.3. The standard InChI is InChI=1S/C29H38FNO5/c1-8-10-11-15-35-24-14-12-13-19(3)26(24)21-16-20(4)27(30)22(17-21)23(18-25(32)34-9-2)31-28(33)36-29(5,6)7/h8,12-14,16-17,23H,1,9-11,15,18H2,2-7H3,(H,31,33)/t23-/m0/s1. The summed E-state index contributed by atoms with van der Waals surface area (Å²) in [6, 6.07) is 8.16. The number of alkyl carbamates (subject to hydrolysis) is 1. The largest absolute Gasteiger partial charge is 0.493 e. The topological polar surface area (TPSA) is 73.9 Å². The molecule has 2 aromatic carbocycles. The lowest BCUT2D eigenvalue weighted by atomic mass is 9.92. The van der Waals surface area contributed by atoms with Crippen LogP contribution in [-0.2, 0) is 14.3 Å². The second kappa shape index (κ2) is 13.1. The normalized spacial score (nSPS) is 12.0. The third kappa shape index (κ3) is 8.40. The van der Waals surface area contributed by atoms with E-state index in [0.717, 1.165) is 29.5 Å². The van der Waals surface area contributed by atoms with Crippen LogP contribution in [-0.4, -0.2) is 30.9 Å².